The molecule has 10 heteroatoms. The molecule has 1 aliphatic heterocycles. The highest BCUT2D eigenvalue weighted by Crippen LogP contribution is 2.21. The normalized spacial score (nSPS) is 17.2. The van der Waals surface area contributed by atoms with Crippen LogP contribution in [0.15, 0.2) is 6.07 Å². The molecule has 1 N–H and O–H groups in total. The van der Waals surface area contributed by atoms with Crippen molar-refractivity contribution in [3.8, 4) is 0 Å². The second-order valence-electron chi connectivity index (χ2n) is 5.82. The summed E-state index contributed by atoms with van der Waals surface area (Å²) in [7, 11) is -3.25. The molecule has 0 saturated carbocycles. The van der Waals surface area contributed by atoms with E-state index in [1.807, 2.05) is 11.6 Å². The van der Waals surface area contributed by atoms with E-state index in [0.717, 1.165) is 35.1 Å². The highest BCUT2D eigenvalue weighted by atomic mass is 32.2. The molecule has 0 bridgehead atoms. The molecule has 0 saturated heterocycles. The number of aromatic nitrogens is 4. The van der Waals surface area contributed by atoms with Crippen molar-refractivity contribution in [2.45, 2.75) is 32.7 Å². The number of sulfone groups is 1. The summed E-state index contributed by atoms with van der Waals surface area (Å²) in [6, 6.07) is 1.79. The van der Waals surface area contributed by atoms with Crippen molar-refractivity contribution >= 4 is 21.2 Å². The zero-order valence-corrected chi connectivity index (χ0v) is 14.6. The smallest absolute Gasteiger partial charge is 0.150 e. The van der Waals surface area contributed by atoms with Gasteiger partial charge < -0.3 is 5.11 Å². The summed E-state index contributed by atoms with van der Waals surface area (Å²) in [5.41, 5.74) is 1.39. The van der Waals surface area contributed by atoms with Crippen molar-refractivity contribution in [3.63, 3.8) is 0 Å². The van der Waals surface area contributed by atoms with Gasteiger partial charge in [-0.2, -0.15) is 5.10 Å². The number of rotatable bonds is 5. The molecule has 1 aliphatic rings. The van der Waals surface area contributed by atoms with Crippen LogP contribution in [0.2, 0.25) is 0 Å². The molecule has 126 valence electrons. The molecule has 0 radical (unpaired) electrons. The van der Waals surface area contributed by atoms with Crippen LogP contribution in [0, 0.1) is 6.92 Å². The molecule has 23 heavy (non-hydrogen) atoms. The topological polar surface area (TPSA) is 101 Å². The Morgan fingerprint density at radius 3 is 2.83 bits per heavy atom. The van der Waals surface area contributed by atoms with Crippen LogP contribution >= 0.6 is 11.3 Å². The second-order valence-corrected chi connectivity index (χ2v) is 9.27. The van der Waals surface area contributed by atoms with E-state index in [0.29, 0.717) is 18.8 Å². The Balaban J connectivity index is 1.69. The summed E-state index contributed by atoms with van der Waals surface area (Å²) in [6.07, 6.45) is 0.0280. The molecule has 1 atom stereocenters. The largest absolute Gasteiger partial charge is 0.386 e. The van der Waals surface area contributed by atoms with E-state index in [1.54, 1.807) is 17.4 Å². The third-order valence-electron chi connectivity index (χ3n) is 3.62. The van der Waals surface area contributed by atoms with Gasteiger partial charge in [0, 0.05) is 19.3 Å². The number of aliphatic hydroxyl groups is 1. The van der Waals surface area contributed by atoms with Gasteiger partial charge in [-0.3, -0.25) is 9.58 Å². The van der Waals surface area contributed by atoms with E-state index in [9.17, 15) is 13.5 Å². The predicted molar refractivity (Wildman–Crippen MR) is 85.7 cm³/mol. The van der Waals surface area contributed by atoms with Crippen LogP contribution in [0.25, 0.3) is 0 Å². The molecule has 0 amide bonds. The maximum absolute atomic E-state index is 11.3. The third kappa shape index (κ3) is 4.14. The molecule has 0 spiro atoms. The van der Waals surface area contributed by atoms with Crippen molar-refractivity contribution < 1.29 is 13.5 Å². The van der Waals surface area contributed by atoms with Gasteiger partial charge in [0.2, 0.25) is 0 Å². The molecule has 8 nitrogen and oxygen atoms in total. The lowest BCUT2D eigenvalue weighted by Gasteiger charge is -2.26. The molecule has 3 rings (SSSR count). The Morgan fingerprint density at radius 1 is 1.39 bits per heavy atom. The summed E-state index contributed by atoms with van der Waals surface area (Å²) in [6.45, 7) is 4.89. The van der Waals surface area contributed by atoms with Crippen LogP contribution < -0.4 is 0 Å². The van der Waals surface area contributed by atoms with Gasteiger partial charge in [0.05, 0.1) is 30.2 Å². The van der Waals surface area contributed by atoms with E-state index < -0.39 is 15.9 Å². The Hall–Kier alpha value is -1.36. The van der Waals surface area contributed by atoms with Gasteiger partial charge in [-0.25, -0.2) is 8.42 Å². The highest BCUT2D eigenvalue weighted by Gasteiger charge is 2.23. The van der Waals surface area contributed by atoms with Gasteiger partial charge in [0.15, 0.2) is 0 Å². The van der Waals surface area contributed by atoms with Crippen LogP contribution in [0.1, 0.15) is 27.5 Å². The summed E-state index contributed by atoms with van der Waals surface area (Å²) in [5.74, 6) is -0.308. The Bertz CT molecular complexity index is 798. The summed E-state index contributed by atoms with van der Waals surface area (Å²) >= 11 is 1.59. The van der Waals surface area contributed by atoms with Crippen LogP contribution in [-0.4, -0.2) is 57.0 Å². The lowest BCUT2D eigenvalue weighted by molar-refractivity contribution is 0.191. The summed E-state index contributed by atoms with van der Waals surface area (Å²) in [5, 5.41) is 24.4. The fourth-order valence-corrected chi connectivity index (χ4v) is 4.10. The first kappa shape index (κ1) is 16.5. The monoisotopic (exact) mass is 357 g/mol. The number of aryl methyl sites for hydroxylation is 1. The zero-order chi connectivity index (χ0) is 16.6. The highest BCUT2D eigenvalue weighted by molar-refractivity contribution is 7.90. The van der Waals surface area contributed by atoms with E-state index in [1.165, 1.54) is 0 Å². The van der Waals surface area contributed by atoms with Crippen LogP contribution in [0.4, 0.5) is 0 Å². The fraction of sp³-hybridized carbons (Fsp3) is 0.615. The summed E-state index contributed by atoms with van der Waals surface area (Å²) < 4.78 is 24.4. The molecule has 3 heterocycles. The number of nitrogens with zero attached hydrogens (tertiary/aromatic N) is 5. The molecular formula is C13H19N5O3S2. The van der Waals surface area contributed by atoms with Crippen molar-refractivity contribution in [2.75, 3.05) is 18.6 Å². The van der Waals surface area contributed by atoms with E-state index in [-0.39, 0.29) is 5.75 Å². The van der Waals surface area contributed by atoms with Gasteiger partial charge in [-0.05, 0) is 13.0 Å². The molecule has 0 aromatic carbocycles. The number of aliphatic hydroxyl groups excluding tert-OH is 1. The average Bonchev–Trinajstić information content (AvgIpc) is 3.02. The number of hydrogen-bond donors (Lipinski definition) is 1. The van der Waals surface area contributed by atoms with Gasteiger partial charge >= 0.3 is 0 Å². The maximum atomic E-state index is 11.3. The van der Waals surface area contributed by atoms with Crippen LogP contribution in [-0.2, 0) is 29.5 Å². The first-order valence-corrected chi connectivity index (χ1v) is 10.1. The van der Waals surface area contributed by atoms with Crippen molar-refractivity contribution in [3.05, 3.63) is 27.5 Å². The van der Waals surface area contributed by atoms with Crippen molar-refractivity contribution in [2.24, 2.45) is 0 Å². The minimum absolute atomic E-state index is 0.308. The second kappa shape index (κ2) is 6.27. The quantitative estimate of drug-likeness (QED) is 0.812. The minimum atomic E-state index is -3.25. The zero-order valence-electron chi connectivity index (χ0n) is 13.0. The Labute approximate surface area is 138 Å². The SMILES string of the molecule is Cc1nnc(CN2CCn3nc([C@H](O)CS(C)(=O)=O)cc3C2)s1. The average molecular weight is 357 g/mol. The summed E-state index contributed by atoms with van der Waals surface area (Å²) in [4.78, 5) is 2.24. The predicted octanol–water partition coefficient (Wildman–Crippen LogP) is 0.137. The molecule has 0 fully saturated rings. The lowest BCUT2D eigenvalue weighted by Crippen LogP contribution is -2.33. The first-order chi connectivity index (χ1) is 10.8. The van der Waals surface area contributed by atoms with Crippen molar-refractivity contribution in [1.29, 1.82) is 0 Å². The molecule has 0 aliphatic carbocycles. The maximum Gasteiger partial charge on any atom is 0.150 e. The first-order valence-electron chi connectivity index (χ1n) is 7.24. The van der Waals surface area contributed by atoms with Gasteiger partial charge in [-0.15, -0.1) is 21.5 Å². The van der Waals surface area contributed by atoms with E-state index in [2.05, 4.69) is 20.2 Å². The third-order valence-corrected chi connectivity index (χ3v) is 5.37. The fourth-order valence-electron chi connectivity index (χ4n) is 2.61. The lowest BCUT2D eigenvalue weighted by atomic mass is 10.2. The van der Waals surface area contributed by atoms with Gasteiger partial charge in [0.1, 0.15) is 26.0 Å². The molecule has 2 aromatic heterocycles. The molecule has 0 unspecified atom stereocenters. The Kier molecular flexibility index (Phi) is 4.50. The van der Waals surface area contributed by atoms with E-state index >= 15 is 0 Å². The van der Waals surface area contributed by atoms with Crippen molar-refractivity contribution in [1.82, 2.24) is 24.9 Å². The molecule has 2 aromatic rings. The van der Waals surface area contributed by atoms with Gasteiger partial charge in [-0.1, -0.05) is 0 Å². The van der Waals surface area contributed by atoms with E-state index in [4.69, 9.17) is 0 Å². The van der Waals surface area contributed by atoms with Crippen LogP contribution in [0.3, 0.4) is 0 Å². The Morgan fingerprint density at radius 2 is 2.17 bits per heavy atom. The molecular weight excluding hydrogens is 338 g/mol. The number of hydrogen-bond acceptors (Lipinski definition) is 8. The van der Waals surface area contributed by atoms with Gasteiger partial charge in [0.25, 0.3) is 0 Å². The number of fused-ring (bicyclic) bond motifs is 1. The van der Waals surface area contributed by atoms with Crippen LogP contribution in [0.5, 0.6) is 0 Å². The minimum Gasteiger partial charge on any atom is -0.386 e. The standard InChI is InChI=1S/C13H19N5O3S2/c1-9-14-15-13(22-9)7-17-3-4-18-10(6-17)5-11(16-18)12(19)8-23(2,20)21/h5,12,19H,3-4,6-8H2,1-2H3/t12-/m1/s1.